The van der Waals surface area contributed by atoms with Crippen LogP contribution >= 0.6 is 0 Å². The van der Waals surface area contributed by atoms with Crippen molar-refractivity contribution in [2.24, 2.45) is 0 Å². The van der Waals surface area contributed by atoms with E-state index in [0.29, 0.717) is 48.5 Å². The summed E-state index contributed by atoms with van der Waals surface area (Å²) >= 11 is 0. The molecule has 0 fully saturated rings. The number of benzene rings is 2. The maximum atomic E-state index is 12.5. The van der Waals surface area contributed by atoms with Gasteiger partial charge in [-0.3, -0.25) is 0 Å². The summed E-state index contributed by atoms with van der Waals surface area (Å²) in [6, 6.07) is 12.1. The topological polar surface area (TPSA) is 114 Å². The Balaban J connectivity index is 1.76. The van der Waals surface area contributed by atoms with E-state index in [-0.39, 0.29) is 4.90 Å². The molecule has 10 heteroatoms. The number of ether oxygens (including phenoxy) is 2. The average molecular weight is 442 g/mol. The third-order valence-corrected chi connectivity index (χ3v) is 6.28. The van der Waals surface area contributed by atoms with Gasteiger partial charge in [-0.15, -0.1) is 0 Å². The van der Waals surface area contributed by atoms with Crippen molar-refractivity contribution in [3.8, 4) is 22.6 Å². The Labute approximate surface area is 180 Å². The molecule has 0 radical (unpaired) electrons. The third-order valence-electron chi connectivity index (χ3n) is 4.83. The number of hydrogen-bond donors (Lipinski definition) is 3. The van der Waals surface area contributed by atoms with Gasteiger partial charge in [0.05, 0.1) is 19.1 Å². The van der Waals surface area contributed by atoms with Gasteiger partial charge >= 0.3 is 0 Å². The van der Waals surface area contributed by atoms with Crippen LogP contribution in [0.4, 0.5) is 17.5 Å². The van der Waals surface area contributed by atoms with Crippen molar-refractivity contribution < 1.29 is 17.9 Å². The molecule has 0 aliphatic carbocycles. The van der Waals surface area contributed by atoms with E-state index in [0.717, 1.165) is 11.1 Å². The summed E-state index contributed by atoms with van der Waals surface area (Å²) in [5, 5.41) is 6.37. The number of anilines is 3. The maximum Gasteiger partial charge on any atom is 0.240 e. The van der Waals surface area contributed by atoms with Crippen LogP contribution in [0.25, 0.3) is 11.1 Å². The quantitative estimate of drug-likeness (QED) is 0.568. The van der Waals surface area contributed by atoms with E-state index in [2.05, 4.69) is 25.3 Å². The monoisotopic (exact) mass is 441 g/mol. The van der Waals surface area contributed by atoms with Gasteiger partial charge in [-0.2, -0.15) is 4.98 Å². The lowest BCUT2D eigenvalue weighted by Gasteiger charge is -2.15. The highest BCUT2D eigenvalue weighted by atomic mass is 32.2. The molecule has 2 aromatic carbocycles. The summed E-state index contributed by atoms with van der Waals surface area (Å²) in [5.41, 5.74) is 2.14. The molecule has 162 valence electrons. The molecule has 4 bridgehead atoms. The van der Waals surface area contributed by atoms with Crippen LogP contribution in [0.15, 0.2) is 53.6 Å². The van der Waals surface area contributed by atoms with Gasteiger partial charge in [0, 0.05) is 42.2 Å². The second-order valence-electron chi connectivity index (χ2n) is 6.85. The molecule has 31 heavy (non-hydrogen) atoms. The number of nitrogens with one attached hydrogen (secondary N) is 3. The Morgan fingerprint density at radius 3 is 2.68 bits per heavy atom. The summed E-state index contributed by atoms with van der Waals surface area (Å²) in [6.45, 7) is 0.814. The van der Waals surface area contributed by atoms with E-state index in [1.54, 1.807) is 50.7 Å². The summed E-state index contributed by atoms with van der Waals surface area (Å²) in [4.78, 5) is 9.25. The molecule has 4 rings (SSSR count). The van der Waals surface area contributed by atoms with Crippen molar-refractivity contribution in [2.45, 2.75) is 11.3 Å². The van der Waals surface area contributed by atoms with Gasteiger partial charge in [-0.25, -0.2) is 18.1 Å². The van der Waals surface area contributed by atoms with E-state index in [4.69, 9.17) is 9.47 Å². The maximum absolute atomic E-state index is 12.5. The Hall–Kier alpha value is -3.37. The standard InChI is InChI=1S/C21H23N5O4S/c1-29-15-7-8-17(19(12-15)30-2)18-13-23-21-25-14-5-3-6-16(11-14)31(27,28)24-10-4-9-22-20(18)26-21/h3,5-8,11-13,24H,4,9-10H2,1-2H3,(H2,22,23,25,26). The second-order valence-corrected chi connectivity index (χ2v) is 8.62. The minimum Gasteiger partial charge on any atom is -0.497 e. The predicted molar refractivity (Wildman–Crippen MR) is 119 cm³/mol. The lowest BCUT2D eigenvalue weighted by molar-refractivity contribution is 0.395. The smallest absolute Gasteiger partial charge is 0.240 e. The molecule has 0 atom stereocenters. The van der Waals surface area contributed by atoms with Crippen LogP contribution in [0.2, 0.25) is 0 Å². The third kappa shape index (κ3) is 4.54. The second kappa shape index (κ2) is 8.78. The molecule has 1 aliphatic heterocycles. The number of fused-ring (bicyclic) bond motifs is 4. The van der Waals surface area contributed by atoms with Crippen LogP contribution in [0.5, 0.6) is 11.5 Å². The Bertz CT molecular complexity index is 1200. The number of hydrogen-bond acceptors (Lipinski definition) is 8. The zero-order chi connectivity index (χ0) is 21.8. The van der Waals surface area contributed by atoms with Gasteiger partial charge in [0.25, 0.3) is 0 Å². The lowest BCUT2D eigenvalue weighted by Crippen LogP contribution is -2.26. The predicted octanol–water partition coefficient (Wildman–Crippen LogP) is 3.00. The zero-order valence-corrected chi connectivity index (χ0v) is 18.0. The lowest BCUT2D eigenvalue weighted by atomic mass is 10.1. The van der Waals surface area contributed by atoms with E-state index in [9.17, 15) is 8.42 Å². The molecular weight excluding hydrogens is 418 g/mol. The Morgan fingerprint density at radius 2 is 1.87 bits per heavy atom. The van der Waals surface area contributed by atoms with Crippen LogP contribution in [-0.4, -0.2) is 45.7 Å². The van der Waals surface area contributed by atoms with Crippen molar-refractivity contribution >= 4 is 27.5 Å². The van der Waals surface area contributed by atoms with Crippen LogP contribution < -0.4 is 24.8 Å². The summed E-state index contributed by atoms with van der Waals surface area (Å²) < 4.78 is 38.5. The highest BCUT2D eigenvalue weighted by molar-refractivity contribution is 7.89. The minimum atomic E-state index is -3.59. The van der Waals surface area contributed by atoms with Crippen LogP contribution in [-0.2, 0) is 10.0 Å². The first-order valence-electron chi connectivity index (χ1n) is 9.70. The van der Waals surface area contributed by atoms with Crippen molar-refractivity contribution in [1.29, 1.82) is 0 Å². The molecule has 1 aliphatic rings. The molecule has 0 spiro atoms. The van der Waals surface area contributed by atoms with Gasteiger partial charge in [0.15, 0.2) is 0 Å². The van der Waals surface area contributed by atoms with Gasteiger partial charge < -0.3 is 20.1 Å². The highest BCUT2D eigenvalue weighted by Gasteiger charge is 2.17. The molecule has 0 saturated carbocycles. The largest absolute Gasteiger partial charge is 0.497 e. The van der Waals surface area contributed by atoms with Crippen LogP contribution in [0, 0.1) is 0 Å². The molecule has 0 amide bonds. The fraction of sp³-hybridized carbons (Fsp3) is 0.238. The molecule has 3 N–H and O–H groups in total. The number of sulfonamides is 1. The first kappa shape index (κ1) is 20.9. The first-order valence-corrected chi connectivity index (χ1v) is 11.2. The van der Waals surface area contributed by atoms with Gasteiger partial charge in [-0.1, -0.05) is 6.07 Å². The molecule has 0 saturated heterocycles. The molecule has 2 heterocycles. The first-order chi connectivity index (χ1) is 15.0. The average Bonchev–Trinajstić information content (AvgIpc) is 2.78. The summed E-state index contributed by atoms with van der Waals surface area (Å²) in [5.74, 6) is 2.27. The summed E-state index contributed by atoms with van der Waals surface area (Å²) in [7, 11) is -0.397. The molecular formula is C21H23N5O4S. The zero-order valence-electron chi connectivity index (χ0n) is 17.2. The fourth-order valence-corrected chi connectivity index (χ4v) is 4.37. The normalized spacial score (nSPS) is 15.3. The highest BCUT2D eigenvalue weighted by Crippen LogP contribution is 2.37. The van der Waals surface area contributed by atoms with E-state index in [1.807, 2.05) is 12.1 Å². The number of aromatic nitrogens is 2. The number of nitrogens with zero attached hydrogens (tertiary/aromatic N) is 2. The minimum absolute atomic E-state index is 0.185. The van der Waals surface area contributed by atoms with E-state index in [1.165, 1.54) is 0 Å². The van der Waals surface area contributed by atoms with Gasteiger partial charge in [0.2, 0.25) is 16.0 Å². The van der Waals surface area contributed by atoms with E-state index >= 15 is 0 Å². The molecule has 9 nitrogen and oxygen atoms in total. The molecule has 3 aromatic rings. The Kier molecular flexibility index (Phi) is 5.92. The van der Waals surface area contributed by atoms with Gasteiger partial charge in [-0.05, 0) is 36.8 Å². The van der Waals surface area contributed by atoms with Crippen molar-refractivity contribution in [1.82, 2.24) is 14.7 Å². The number of rotatable bonds is 3. The van der Waals surface area contributed by atoms with E-state index < -0.39 is 10.0 Å². The number of methoxy groups -OCH3 is 2. The van der Waals surface area contributed by atoms with Gasteiger partial charge in [0.1, 0.15) is 17.3 Å². The van der Waals surface area contributed by atoms with Crippen LogP contribution in [0.3, 0.4) is 0 Å². The van der Waals surface area contributed by atoms with Crippen molar-refractivity contribution in [2.75, 3.05) is 37.9 Å². The molecule has 1 aromatic heterocycles. The van der Waals surface area contributed by atoms with Crippen molar-refractivity contribution in [3.63, 3.8) is 0 Å². The molecule has 0 unspecified atom stereocenters. The fourth-order valence-electron chi connectivity index (χ4n) is 3.25. The van der Waals surface area contributed by atoms with Crippen molar-refractivity contribution in [3.05, 3.63) is 48.7 Å². The Morgan fingerprint density at radius 1 is 1.00 bits per heavy atom. The SMILES string of the molecule is COc1ccc(-c2cnc3nc2NCCCNS(=O)(=O)c2cccc(c2)N3)c(OC)c1. The summed E-state index contributed by atoms with van der Waals surface area (Å²) in [6.07, 6.45) is 2.28. The van der Waals surface area contributed by atoms with Crippen LogP contribution in [0.1, 0.15) is 6.42 Å².